The lowest BCUT2D eigenvalue weighted by Crippen LogP contribution is -2.38. The summed E-state index contributed by atoms with van der Waals surface area (Å²) in [5.74, 6) is -0.738. The van der Waals surface area contributed by atoms with Gasteiger partial charge in [-0.3, -0.25) is 4.79 Å². The Labute approximate surface area is 148 Å². The molecule has 2 aromatic carbocycles. The van der Waals surface area contributed by atoms with Crippen LogP contribution in [0.3, 0.4) is 0 Å². The van der Waals surface area contributed by atoms with Crippen LogP contribution in [0.15, 0.2) is 57.9 Å². The first-order valence-electron chi connectivity index (χ1n) is 6.58. The van der Waals surface area contributed by atoms with Gasteiger partial charge in [-0.25, -0.2) is 8.42 Å². The molecule has 0 saturated carbocycles. The molecule has 0 aromatic heterocycles. The van der Waals surface area contributed by atoms with Crippen molar-refractivity contribution in [1.29, 1.82) is 0 Å². The van der Waals surface area contributed by atoms with Gasteiger partial charge < -0.3 is 5.73 Å². The number of benzene rings is 2. The van der Waals surface area contributed by atoms with Crippen molar-refractivity contribution >= 4 is 43.5 Å². The summed E-state index contributed by atoms with van der Waals surface area (Å²) in [5.41, 5.74) is 5.79. The second-order valence-corrected chi connectivity index (χ2v) is 8.05. The number of carbonyl (C=O) groups is 1. The first-order valence-corrected chi connectivity index (χ1v) is 9.19. The first kappa shape index (κ1) is 17.9. The van der Waals surface area contributed by atoms with Crippen LogP contribution in [0.25, 0.3) is 0 Å². The van der Waals surface area contributed by atoms with Crippen LogP contribution in [-0.2, 0) is 21.4 Å². The number of amides is 1. The van der Waals surface area contributed by atoms with Crippen molar-refractivity contribution in [1.82, 2.24) is 4.31 Å². The van der Waals surface area contributed by atoms with Crippen LogP contribution in [-0.4, -0.2) is 25.2 Å². The molecule has 0 aliphatic heterocycles. The third kappa shape index (κ3) is 4.54. The predicted octanol–water partition coefficient (Wildman–Crippen LogP) is 2.78. The third-order valence-electron chi connectivity index (χ3n) is 3.09. The van der Waals surface area contributed by atoms with E-state index in [1.807, 2.05) is 0 Å². The molecular weight excluding hydrogens is 404 g/mol. The predicted molar refractivity (Wildman–Crippen MR) is 92.4 cm³/mol. The molecule has 23 heavy (non-hydrogen) atoms. The Morgan fingerprint density at radius 2 is 1.74 bits per heavy atom. The molecule has 2 aromatic rings. The fourth-order valence-electron chi connectivity index (χ4n) is 1.97. The molecule has 0 heterocycles. The maximum atomic E-state index is 12.8. The van der Waals surface area contributed by atoms with Gasteiger partial charge in [-0.15, -0.1) is 0 Å². The minimum Gasteiger partial charge on any atom is -0.369 e. The summed E-state index contributed by atoms with van der Waals surface area (Å²) in [6.07, 6.45) is 0. The highest BCUT2D eigenvalue weighted by molar-refractivity contribution is 9.10. The van der Waals surface area contributed by atoms with Crippen LogP contribution in [0.2, 0.25) is 5.02 Å². The van der Waals surface area contributed by atoms with Crippen molar-refractivity contribution in [3.05, 3.63) is 63.6 Å². The summed E-state index contributed by atoms with van der Waals surface area (Å²) in [6.45, 7) is -0.468. The molecule has 0 radical (unpaired) electrons. The number of primary amides is 1. The van der Waals surface area contributed by atoms with Gasteiger partial charge in [0.05, 0.1) is 11.4 Å². The normalized spacial score (nSPS) is 11.6. The fourth-order valence-corrected chi connectivity index (χ4v) is 3.82. The Bertz CT molecular complexity index is 810. The summed E-state index contributed by atoms with van der Waals surface area (Å²) < 4.78 is 27.3. The molecule has 0 aliphatic carbocycles. The molecule has 8 heteroatoms. The Morgan fingerprint density at radius 3 is 2.30 bits per heavy atom. The highest BCUT2D eigenvalue weighted by Crippen LogP contribution is 2.23. The van der Waals surface area contributed by atoms with E-state index in [-0.39, 0.29) is 11.4 Å². The highest BCUT2D eigenvalue weighted by atomic mass is 79.9. The Hall–Kier alpha value is -1.41. The lowest BCUT2D eigenvalue weighted by Gasteiger charge is -2.21. The maximum absolute atomic E-state index is 12.8. The summed E-state index contributed by atoms with van der Waals surface area (Å²) >= 11 is 9.33. The third-order valence-corrected chi connectivity index (χ3v) is 5.79. The SMILES string of the molecule is NC(=O)CN(Cc1ccccc1Cl)S(=O)(=O)c1ccc(Br)cc1. The average Bonchev–Trinajstić information content (AvgIpc) is 2.48. The summed E-state index contributed by atoms with van der Waals surface area (Å²) in [4.78, 5) is 11.4. The molecule has 0 unspecified atom stereocenters. The van der Waals surface area contributed by atoms with Crippen LogP contribution >= 0.6 is 27.5 Å². The second kappa shape index (κ2) is 7.44. The standard InChI is InChI=1S/C15H14BrClN2O3S/c16-12-5-7-13(8-6-12)23(21,22)19(10-15(18)20)9-11-3-1-2-4-14(11)17/h1-8H,9-10H2,(H2,18,20). The van der Waals surface area contributed by atoms with E-state index in [1.165, 1.54) is 12.1 Å². The number of sulfonamides is 1. The van der Waals surface area contributed by atoms with Crippen molar-refractivity contribution in [3.63, 3.8) is 0 Å². The smallest absolute Gasteiger partial charge is 0.243 e. The molecule has 0 atom stereocenters. The lowest BCUT2D eigenvalue weighted by molar-refractivity contribution is -0.118. The van der Waals surface area contributed by atoms with Gasteiger partial charge in [0.1, 0.15) is 0 Å². The van der Waals surface area contributed by atoms with Crippen molar-refractivity contribution < 1.29 is 13.2 Å². The molecule has 0 saturated heterocycles. The quantitative estimate of drug-likeness (QED) is 0.785. The monoisotopic (exact) mass is 416 g/mol. The average molecular weight is 418 g/mol. The summed E-state index contributed by atoms with van der Waals surface area (Å²) in [5, 5.41) is 0.424. The molecule has 122 valence electrons. The zero-order valence-electron chi connectivity index (χ0n) is 11.9. The maximum Gasteiger partial charge on any atom is 0.243 e. The van der Waals surface area contributed by atoms with E-state index in [0.717, 1.165) is 8.78 Å². The van der Waals surface area contributed by atoms with E-state index in [2.05, 4.69) is 15.9 Å². The first-order chi connectivity index (χ1) is 10.8. The Kier molecular flexibility index (Phi) is 5.80. The van der Waals surface area contributed by atoms with Gasteiger partial charge in [0.15, 0.2) is 0 Å². The number of halogens is 2. The van der Waals surface area contributed by atoms with Crippen LogP contribution in [0.5, 0.6) is 0 Å². The molecule has 5 nitrogen and oxygen atoms in total. The number of rotatable bonds is 6. The van der Waals surface area contributed by atoms with Crippen molar-refractivity contribution in [3.8, 4) is 0 Å². The van der Waals surface area contributed by atoms with Crippen molar-refractivity contribution in [2.45, 2.75) is 11.4 Å². The number of carbonyl (C=O) groups excluding carboxylic acids is 1. The van der Waals surface area contributed by atoms with Crippen LogP contribution < -0.4 is 5.73 Å². The highest BCUT2D eigenvalue weighted by Gasteiger charge is 2.26. The Morgan fingerprint density at radius 1 is 1.13 bits per heavy atom. The number of hydrogen-bond donors (Lipinski definition) is 1. The molecule has 1 amide bonds. The minimum absolute atomic E-state index is 0.0407. The van der Waals surface area contributed by atoms with E-state index in [9.17, 15) is 13.2 Å². The topological polar surface area (TPSA) is 80.5 Å². The summed E-state index contributed by atoms with van der Waals surface area (Å²) in [6, 6.07) is 13.0. The van der Waals surface area contributed by atoms with Crippen LogP contribution in [0, 0.1) is 0 Å². The van der Waals surface area contributed by atoms with Gasteiger partial charge in [0, 0.05) is 16.0 Å². The number of hydrogen-bond acceptors (Lipinski definition) is 3. The molecule has 0 bridgehead atoms. The van der Waals surface area contributed by atoms with Gasteiger partial charge in [-0.1, -0.05) is 45.7 Å². The molecule has 2 rings (SSSR count). The lowest BCUT2D eigenvalue weighted by atomic mass is 10.2. The van der Waals surface area contributed by atoms with Gasteiger partial charge in [0.25, 0.3) is 0 Å². The zero-order valence-corrected chi connectivity index (χ0v) is 15.1. The second-order valence-electron chi connectivity index (χ2n) is 4.78. The van der Waals surface area contributed by atoms with Crippen molar-refractivity contribution in [2.24, 2.45) is 5.73 Å². The van der Waals surface area contributed by atoms with Crippen molar-refractivity contribution in [2.75, 3.05) is 6.54 Å². The van der Waals surface area contributed by atoms with E-state index in [4.69, 9.17) is 17.3 Å². The van der Waals surface area contributed by atoms with E-state index in [1.54, 1.807) is 36.4 Å². The van der Waals surface area contributed by atoms with Gasteiger partial charge in [0.2, 0.25) is 15.9 Å². The number of nitrogens with two attached hydrogens (primary N) is 1. The minimum atomic E-state index is -3.87. The van der Waals surface area contributed by atoms with E-state index < -0.39 is 22.5 Å². The summed E-state index contributed by atoms with van der Waals surface area (Å²) in [7, 11) is -3.87. The van der Waals surface area contributed by atoms with E-state index in [0.29, 0.717) is 10.6 Å². The number of nitrogens with zero attached hydrogens (tertiary/aromatic N) is 1. The van der Waals surface area contributed by atoms with E-state index >= 15 is 0 Å². The Balaban J connectivity index is 2.39. The van der Waals surface area contributed by atoms with Crippen LogP contribution in [0.4, 0.5) is 0 Å². The fraction of sp³-hybridized carbons (Fsp3) is 0.133. The van der Waals surface area contributed by atoms with Crippen LogP contribution in [0.1, 0.15) is 5.56 Å². The van der Waals surface area contributed by atoms with Gasteiger partial charge >= 0.3 is 0 Å². The molecule has 0 aliphatic rings. The molecular formula is C15H14BrClN2O3S. The van der Waals surface area contributed by atoms with Gasteiger partial charge in [-0.05, 0) is 35.9 Å². The molecule has 0 spiro atoms. The molecule has 0 fully saturated rings. The van der Waals surface area contributed by atoms with Gasteiger partial charge in [-0.2, -0.15) is 4.31 Å². The largest absolute Gasteiger partial charge is 0.369 e. The zero-order chi connectivity index (χ0) is 17.0. The molecule has 2 N–H and O–H groups in total.